The molecule has 1 amide bonds. The number of thioether (sulfide) groups is 1. The minimum atomic E-state index is -1.37. The minimum Gasteiger partial charge on any atom is -0.459 e. The van der Waals surface area contributed by atoms with E-state index >= 15 is 4.79 Å². The fourth-order valence-corrected chi connectivity index (χ4v) is 12.4. The van der Waals surface area contributed by atoms with E-state index in [-0.39, 0.29) is 50.1 Å². The van der Waals surface area contributed by atoms with Crippen molar-refractivity contribution in [3.8, 4) is 17.2 Å². The normalized spacial score (nSPS) is 23.3. The Morgan fingerprint density at radius 2 is 1.61 bits per heavy atom. The first kappa shape index (κ1) is 49.6. The maximum absolute atomic E-state index is 15.6. The van der Waals surface area contributed by atoms with Crippen molar-refractivity contribution in [2.45, 2.75) is 119 Å². The summed E-state index contributed by atoms with van der Waals surface area (Å²) in [4.78, 5) is 25.2. The molecule has 5 aromatic carbocycles. The zero-order chi connectivity index (χ0) is 48.3. The van der Waals surface area contributed by atoms with Crippen LogP contribution in [-0.2, 0) is 27.5 Å². The van der Waals surface area contributed by atoms with E-state index in [1.165, 1.54) is 12.8 Å². The van der Waals surface area contributed by atoms with Crippen molar-refractivity contribution in [2.24, 2.45) is 28.8 Å². The molecule has 0 radical (unpaired) electrons. The molecule has 6 atom stereocenters. The van der Waals surface area contributed by atoms with Gasteiger partial charge in [-0.1, -0.05) is 129 Å². The number of aliphatic hydroxyl groups excluding tert-OH is 2. The lowest BCUT2D eigenvalue weighted by atomic mass is 9.55. The lowest BCUT2D eigenvalue weighted by Gasteiger charge is -2.60. The molecule has 1 aliphatic heterocycles. The van der Waals surface area contributed by atoms with Gasteiger partial charge < -0.3 is 34.2 Å². The Hall–Kier alpha value is -5.39. The van der Waals surface area contributed by atoms with Crippen LogP contribution >= 0.6 is 11.8 Å². The molecular weight excluding hydrogens is 893 g/mol. The first-order chi connectivity index (χ1) is 34.4. The van der Waals surface area contributed by atoms with Crippen LogP contribution in [0.25, 0.3) is 10.8 Å². The van der Waals surface area contributed by atoms with Gasteiger partial charge in [0.2, 0.25) is 11.7 Å². The standard InChI is InChI=1S/C60H70N2O7S/c1-3-36-66-60-56(62(57(65)33-26-42-16-7-8-17-42)40-46-23-15-22-44-20-9-10-24-50(44)46)39-54(61-67-41-43-18-5-4-6-19-43)52-37-45(21-11-13-34-63)51(25-12-14-35-64)58(59(52)60)53-38-48(29-32-55(53)69-60)68-47-27-30-49(70-2)31-28-47/h3-6,9-10,15,18-20,22-24,27-32,37-38,42,45,51,56,58-59,63-64H,1,7-8,11-14,16-17,21,25-26,33-36,39-41H2,2H3. The average molecular weight is 963 g/mol. The highest BCUT2D eigenvalue weighted by Gasteiger charge is 2.65. The summed E-state index contributed by atoms with van der Waals surface area (Å²) in [6.45, 7) is 5.23. The van der Waals surface area contributed by atoms with Crippen LogP contribution in [-0.4, -0.2) is 64.6 Å². The molecule has 1 heterocycles. The lowest BCUT2D eigenvalue weighted by Crippen LogP contribution is -2.70. The molecule has 70 heavy (non-hydrogen) atoms. The van der Waals surface area contributed by atoms with E-state index in [1.807, 2.05) is 54.6 Å². The Morgan fingerprint density at radius 3 is 2.39 bits per heavy atom. The van der Waals surface area contributed by atoms with E-state index in [2.05, 4.69) is 84.5 Å². The van der Waals surface area contributed by atoms with Gasteiger partial charge in [-0.15, -0.1) is 18.3 Å². The number of benzene rings is 5. The molecule has 0 aromatic heterocycles. The third-order valence-corrected chi connectivity index (χ3v) is 16.1. The summed E-state index contributed by atoms with van der Waals surface area (Å²) >= 11 is 1.69. The van der Waals surface area contributed by atoms with Crippen LogP contribution in [0.5, 0.6) is 17.2 Å². The van der Waals surface area contributed by atoms with Crippen molar-refractivity contribution in [3.05, 3.63) is 156 Å². The fourth-order valence-electron chi connectivity index (χ4n) is 12.0. The zero-order valence-corrected chi connectivity index (χ0v) is 41.6. The summed E-state index contributed by atoms with van der Waals surface area (Å²) < 4.78 is 21.7. The Bertz CT molecular complexity index is 2590. The summed E-state index contributed by atoms with van der Waals surface area (Å²) in [6.07, 6.45) is 17.4. The Kier molecular flexibility index (Phi) is 16.8. The molecule has 368 valence electrons. The van der Waals surface area contributed by atoms with Gasteiger partial charge in [-0.2, -0.15) is 0 Å². The van der Waals surface area contributed by atoms with Crippen LogP contribution in [0.15, 0.2) is 150 Å². The summed E-state index contributed by atoms with van der Waals surface area (Å²) in [7, 11) is 0. The average Bonchev–Trinajstić information content (AvgIpc) is 3.93. The molecule has 6 unspecified atom stereocenters. The van der Waals surface area contributed by atoms with Crippen molar-refractivity contribution in [3.63, 3.8) is 0 Å². The SMILES string of the molecule is C=CCOC12Oc3ccc(Oc4ccc(SC)cc4)cc3C3C(CCCCO)C(CCCCO)C=C(C(=NOCc4ccccc4)CC1N(Cc1cccc4ccccc14)C(=O)CCC1CCCC1)C32. The fraction of sp³-hybridized carbons (Fsp3) is 0.433. The summed E-state index contributed by atoms with van der Waals surface area (Å²) in [5, 5.41) is 27.6. The highest BCUT2D eigenvalue weighted by molar-refractivity contribution is 7.98. The molecule has 10 heteroatoms. The van der Waals surface area contributed by atoms with Crippen LogP contribution in [0.3, 0.4) is 0 Å². The van der Waals surface area contributed by atoms with Gasteiger partial charge in [0.25, 0.3) is 0 Å². The molecule has 0 bridgehead atoms. The number of nitrogens with zero attached hydrogens (tertiary/aromatic N) is 2. The second-order valence-electron chi connectivity index (χ2n) is 19.7. The predicted octanol–water partition coefficient (Wildman–Crippen LogP) is 13.2. The van der Waals surface area contributed by atoms with Crippen LogP contribution in [0.4, 0.5) is 0 Å². The summed E-state index contributed by atoms with van der Waals surface area (Å²) in [5.74, 6) is 0.952. The molecular formula is C60H70N2O7S. The van der Waals surface area contributed by atoms with Gasteiger partial charge in [0.1, 0.15) is 29.9 Å². The predicted molar refractivity (Wildman–Crippen MR) is 280 cm³/mol. The molecule has 5 aromatic rings. The van der Waals surface area contributed by atoms with Crippen LogP contribution < -0.4 is 9.47 Å². The number of hydrogen-bond donors (Lipinski definition) is 2. The van der Waals surface area contributed by atoms with Gasteiger partial charge in [-0.05, 0) is 126 Å². The first-order valence-electron chi connectivity index (χ1n) is 25.7. The molecule has 2 fully saturated rings. The minimum absolute atomic E-state index is 0.0720. The van der Waals surface area contributed by atoms with Gasteiger partial charge >= 0.3 is 0 Å². The van der Waals surface area contributed by atoms with Gasteiger partial charge in [0.05, 0.1) is 18.2 Å². The van der Waals surface area contributed by atoms with Crippen molar-refractivity contribution >= 4 is 34.2 Å². The molecule has 2 N–H and O–H groups in total. The molecule has 4 aliphatic rings. The highest BCUT2D eigenvalue weighted by Crippen LogP contribution is 2.62. The van der Waals surface area contributed by atoms with Crippen LogP contribution in [0, 0.1) is 23.7 Å². The molecule has 0 spiro atoms. The van der Waals surface area contributed by atoms with E-state index in [1.54, 1.807) is 17.8 Å². The maximum Gasteiger partial charge on any atom is 0.239 e. The molecule has 2 saturated carbocycles. The van der Waals surface area contributed by atoms with Gasteiger partial charge in [-0.25, -0.2) is 0 Å². The Morgan fingerprint density at radius 1 is 0.871 bits per heavy atom. The van der Waals surface area contributed by atoms with Gasteiger partial charge in [0, 0.05) is 49.0 Å². The van der Waals surface area contributed by atoms with E-state index in [0.29, 0.717) is 49.6 Å². The molecule has 0 saturated heterocycles. The third kappa shape index (κ3) is 11.1. The van der Waals surface area contributed by atoms with E-state index < -0.39 is 17.7 Å². The quantitative estimate of drug-likeness (QED) is 0.0288. The maximum atomic E-state index is 15.6. The largest absolute Gasteiger partial charge is 0.459 e. The number of aliphatic hydroxyl groups is 2. The summed E-state index contributed by atoms with van der Waals surface area (Å²) in [6, 6.07) is 38.5. The number of allylic oxidation sites excluding steroid dienone is 1. The Balaban J connectivity index is 1.24. The number of hydrogen-bond acceptors (Lipinski definition) is 9. The van der Waals surface area contributed by atoms with Crippen molar-refractivity contribution in [1.29, 1.82) is 0 Å². The van der Waals surface area contributed by atoms with E-state index in [0.717, 1.165) is 94.3 Å². The number of oxime groups is 1. The van der Waals surface area contributed by atoms with Crippen LogP contribution in [0.2, 0.25) is 0 Å². The number of rotatable bonds is 23. The third-order valence-electron chi connectivity index (χ3n) is 15.3. The topological polar surface area (TPSA) is 110 Å². The first-order valence-corrected chi connectivity index (χ1v) is 27.0. The van der Waals surface area contributed by atoms with E-state index in [9.17, 15) is 10.2 Å². The Labute approximate surface area is 418 Å². The second-order valence-corrected chi connectivity index (χ2v) is 20.5. The number of carbonyl (C=O) groups excluding carboxylic acids is 1. The number of unbranched alkanes of at least 4 members (excludes halogenated alkanes) is 2. The van der Waals surface area contributed by atoms with Crippen molar-refractivity contribution in [1.82, 2.24) is 4.90 Å². The number of amides is 1. The van der Waals surface area contributed by atoms with Crippen molar-refractivity contribution < 1.29 is 34.1 Å². The summed E-state index contributed by atoms with van der Waals surface area (Å²) in [5.41, 5.74) is 4.88. The highest BCUT2D eigenvalue weighted by atomic mass is 32.2. The monoisotopic (exact) mass is 962 g/mol. The zero-order valence-electron chi connectivity index (χ0n) is 40.8. The van der Waals surface area contributed by atoms with Gasteiger partial charge in [-0.3, -0.25) is 4.79 Å². The lowest BCUT2D eigenvalue weighted by molar-refractivity contribution is -0.258. The molecule has 9 rings (SSSR count). The van der Waals surface area contributed by atoms with Gasteiger partial charge in [0.15, 0.2) is 0 Å². The second kappa shape index (κ2) is 23.7. The number of fused-ring (bicyclic) bond motifs is 3. The smallest absolute Gasteiger partial charge is 0.239 e. The van der Waals surface area contributed by atoms with E-state index in [4.69, 9.17) is 24.2 Å². The van der Waals surface area contributed by atoms with Crippen molar-refractivity contribution in [2.75, 3.05) is 26.1 Å². The number of ether oxygens (including phenoxy) is 3. The molecule has 9 nitrogen and oxygen atoms in total. The molecule has 3 aliphatic carbocycles. The number of carbonyl (C=O) groups is 1. The van der Waals surface area contributed by atoms with Crippen LogP contribution in [0.1, 0.15) is 106 Å².